The Morgan fingerprint density at radius 3 is 2.00 bits per heavy atom. The third-order valence-corrected chi connectivity index (χ3v) is 2.18. The number of halogens is 1. The number of alkyl halides is 1. The van der Waals surface area contributed by atoms with Gasteiger partial charge in [-0.1, -0.05) is 13.8 Å². The van der Waals surface area contributed by atoms with Crippen LogP contribution in [0.3, 0.4) is 0 Å². The van der Waals surface area contributed by atoms with E-state index >= 15 is 0 Å². The monoisotopic (exact) mass is 178 g/mol. The van der Waals surface area contributed by atoms with Crippen molar-refractivity contribution in [1.29, 1.82) is 0 Å². The van der Waals surface area contributed by atoms with Crippen molar-refractivity contribution >= 4 is 11.6 Å². The zero-order valence-corrected chi connectivity index (χ0v) is 8.69. The Bertz CT molecular complexity index is 91.6. The fourth-order valence-corrected chi connectivity index (χ4v) is 1.18. The van der Waals surface area contributed by atoms with Crippen LogP contribution >= 0.6 is 11.6 Å². The lowest BCUT2D eigenvalue weighted by Crippen LogP contribution is -2.19. The molecule has 0 heterocycles. The summed E-state index contributed by atoms with van der Waals surface area (Å²) in [6, 6.07) is 0. The van der Waals surface area contributed by atoms with Crippen LogP contribution < -0.4 is 0 Å². The second-order valence-corrected chi connectivity index (χ2v) is 3.85. The Morgan fingerprint density at radius 1 is 1.18 bits per heavy atom. The van der Waals surface area contributed by atoms with Gasteiger partial charge in [0, 0.05) is 5.88 Å². The summed E-state index contributed by atoms with van der Waals surface area (Å²) in [5.74, 6) is 1.81. The minimum atomic E-state index is 0.319. The molecule has 0 fully saturated rings. The van der Waals surface area contributed by atoms with Crippen LogP contribution in [0.1, 0.15) is 27.7 Å². The normalized spacial score (nSPS) is 14.5. The molecule has 0 amide bonds. The molecule has 0 rings (SSSR count). The van der Waals surface area contributed by atoms with E-state index in [2.05, 4.69) is 13.8 Å². The van der Waals surface area contributed by atoms with Gasteiger partial charge in [0.05, 0.1) is 12.7 Å². The maximum atomic E-state index is 5.77. The molecule has 1 nitrogen and oxygen atoms in total. The van der Waals surface area contributed by atoms with Gasteiger partial charge in [0.2, 0.25) is 0 Å². The van der Waals surface area contributed by atoms with Gasteiger partial charge >= 0.3 is 0 Å². The van der Waals surface area contributed by atoms with Crippen LogP contribution in [-0.2, 0) is 4.74 Å². The Balaban J connectivity index is 3.52. The standard InChI is InChI=1S/C9H19ClO/c1-7(2)9(5-10)6-11-8(3)4/h7-9H,5-6H2,1-4H3. The smallest absolute Gasteiger partial charge is 0.0519 e. The van der Waals surface area contributed by atoms with Gasteiger partial charge < -0.3 is 4.74 Å². The zero-order valence-electron chi connectivity index (χ0n) is 7.93. The van der Waals surface area contributed by atoms with E-state index in [1.807, 2.05) is 13.8 Å². The minimum absolute atomic E-state index is 0.319. The van der Waals surface area contributed by atoms with Gasteiger partial charge in [-0.2, -0.15) is 0 Å². The number of hydrogen-bond acceptors (Lipinski definition) is 1. The van der Waals surface area contributed by atoms with Crippen molar-refractivity contribution < 1.29 is 4.74 Å². The van der Waals surface area contributed by atoms with E-state index in [0.717, 1.165) is 6.61 Å². The average Bonchev–Trinajstić information content (AvgIpc) is 1.87. The lowest BCUT2D eigenvalue weighted by Gasteiger charge is -2.19. The van der Waals surface area contributed by atoms with Gasteiger partial charge in [-0.05, 0) is 25.7 Å². The molecule has 68 valence electrons. The largest absolute Gasteiger partial charge is 0.378 e. The SMILES string of the molecule is CC(C)OCC(CCl)C(C)C. The van der Waals surface area contributed by atoms with E-state index in [1.54, 1.807) is 0 Å². The molecule has 0 aromatic heterocycles. The summed E-state index contributed by atoms with van der Waals surface area (Å²) in [7, 11) is 0. The topological polar surface area (TPSA) is 9.23 Å². The van der Waals surface area contributed by atoms with Gasteiger partial charge in [-0.25, -0.2) is 0 Å². The van der Waals surface area contributed by atoms with Crippen LogP contribution in [0, 0.1) is 11.8 Å². The average molecular weight is 179 g/mol. The molecule has 0 aliphatic heterocycles. The molecule has 0 aromatic rings. The Kier molecular flexibility index (Phi) is 5.98. The van der Waals surface area contributed by atoms with Crippen LogP contribution in [0.5, 0.6) is 0 Å². The van der Waals surface area contributed by atoms with E-state index in [-0.39, 0.29) is 0 Å². The van der Waals surface area contributed by atoms with Crippen molar-refractivity contribution in [3.63, 3.8) is 0 Å². The summed E-state index contributed by atoms with van der Waals surface area (Å²) in [4.78, 5) is 0. The van der Waals surface area contributed by atoms with Crippen molar-refractivity contribution in [2.45, 2.75) is 33.8 Å². The van der Waals surface area contributed by atoms with Gasteiger partial charge in [-0.3, -0.25) is 0 Å². The molecule has 0 aliphatic carbocycles. The van der Waals surface area contributed by atoms with Crippen molar-refractivity contribution in [1.82, 2.24) is 0 Å². The Hall–Kier alpha value is 0.250. The summed E-state index contributed by atoms with van der Waals surface area (Å²) in [6.45, 7) is 9.24. The molecule has 0 spiro atoms. The van der Waals surface area contributed by atoms with Crippen LogP contribution in [0.4, 0.5) is 0 Å². The molecule has 11 heavy (non-hydrogen) atoms. The molecular weight excluding hydrogens is 160 g/mol. The first kappa shape index (κ1) is 11.2. The molecule has 0 aliphatic rings. The van der Waals surface area contributed by atoms with Crippen molar-refractivity contribution in [3.8, 4) is 0 Å². The highest BCUT2D eigenvalue weighted by atomic mass is 35.5. The highest BCUT2D eigenvalue weighted by molar-refractivity contribution is 6.18. The predicted octanol–water partition coefficient (Wildman–Crippen LogP) is 2.92. The van der Waals surface area contributed by atoms with Gasteiger partial charge in [0.1, 0.15) is 0 Å². The van der Waals surface area contributed by atoms with E-state index in [1.165, 1.54) is 0 Å². The molecule has 0 saturated heterocycles. The molecule has 2 heteroatoms. The van der Waals surface area contributed by atoms with Gasteiger partial charge in [0.15, 0.2) is 0 Å². The van der Waals surface area contributed by atoms with Crippen molar-refractivity contribution in [3.05, 3.63) is 0 Å². The molecule has 0 saturated carbocycles. The first-order chi connectivity index (χ1) is 5.07. The van der Waals surface area contributed by atoms with Crippen LogP contribution in [0.2, 0.25) is 0 Å². The third-order valence-electron chi connectivity index (χ3n) is 1.78. The third kappa shape index (κ3) is 5.51. The highest BCUT2D eigenvalue weighted by Gasteiger charge is 2.12. The van der Waals surface area contributed by atoms with Gasteiger partial charge in [-0.15, -0.1) is 11.6 Å². The summed E-state index contributed by atoms with van der Waals surface area (Å²) in [5, 5.41) is 0. The van der Waals surface area contributed by atoms with E-state index < -0.39 is 0 Å². The second kappa shape index (κ2) is 5.84. The zero-order chi connectivity index (χ0) is 8.85. The lowest BCUT2D eigenvalue weighted by atomic mass is 9.99. The van der Waals surface area contributed by atoms with Gasteiger partial charge in [0.25, 0.3) is 0 Å². The maximum absolute atomic E-state index is 5.77. The summed E-state index contributed by atoms with van der Waals surface area (Å²) in [5.41, 5.74) is 0. The summed E-state index contributed by atoms with van der Waals surface area (Å²) >= 11 is 5.77. The summed E-state index contributed by atoms with van der Waals surface area (Å²) in [6.07, 6.45) is 0.319. The number of ether oxygens (including phenoxy) is 1. The number of hydrogen-bond donors (Lipinski definition) is 0. The van der Waals surface area contributed by atoms with E-state index in [4.69, 9.17) is 16.3 Å². The van der Waals surface area contributed by atoms with Crippen molar-refractivity contribution in [2.24, 2.45) is 11.8 Å². The summed E-state index contributed by atoms with van der Waals surface area (Å²) < 4.78 is 5.47. The molecule has 0 radical (unpaired) electrons. The van der Waals surface area contributed by atoms with Crippen LogP contribution in [0.25, 0.3) is 0 Å². The Labute approximate surface area is 75.1 Å². The molecule has 0 aromatic carbocycles. The first-order valence-corrected chi connectivity index (χ1v) is 4.79. The second-order valence-electron chi connectivity index (χ2n) is 3.54. The Morgan fingerprint density at radius 2 is 1.73 bits per heavy atom. The van der Waals surface area contributed by atoms with E-state index in [0.29, 0.717) is 23.8 Å². The molecule has 0 N–H and O–H groups in total. The fourth-order valence-electron chi connectivity index (χ4n) is 0.731. The maximum Gasteiger partial charge on any atom is 0.0519 e. The van der Waals surface area contributed by atoms with Crippen LogP contribution in [0.15, 0.2) is 0 Å². The van der Waals surface area contributed by atoms with Crippen LogP contribution in [-0.4, -0.2) is 18.6 Å². The fraction of sp³-hybridized carbons (Fsp3) is 1.00. The molecular formula is C9H19ClO. The predicted molar refractivity (Wildman–Crippen MR) is 50.1 cm³/mol. The molecule has 1 unspecified atom stereocenters. The lowest BCUT2D eigenvalue weighted by molar-refractivity contribution is 0.0453. The van der Waals surface area contributed by atoms with E-state index in [9.17, 15) is 0 Å². The van der Waals surface area contributed by atoms with Crippen molar-refractivity contribution in [2.75, 3.05) is 12.5 Å². The number of rotatable bonds is 5. The minimum Gasteiger partial charge on any atom is -0.378 e. The molecule has 0 bridgehead atoms. The molecule has 1 atom stereocenters. The first-order valence-electron chi connectivity index (χ1n) is 4.25. The highest BCUT2D eigenvalue weighted by Crippen LogP contribution is 2.13. The quantitative estimate of drug-likeness (QED) is 0.589.